The van der Waals surface area contributed by atoms with Crippen LogP contribution in [0.15, 0.2) is 24.5 Å². The number of unbranched alkanes of at least 4 members (excludes halogenated alkanes) is 1. The normalized spacial score (nSPS) is 11.2. The molecule has 108 valence electrons. The fourth-order valence-electron chi connectivity index (χ4n) is 2.12. The third-order valence-electron chi connectivity index (χ3n) is 3.31. The summed E-state index contributed by atoms with van der Waals surface area (Å²) in [6.45, 7) is 1.77. The fourth-order valence-corrected chi connectivity index (χ4v) is 2.12. The maximum Gasteiger partial charge on any atom is 0.251 e. The van der Waals surface area contributed by atoms with E-state index < -0.39 is 0 Å². The van der Waals surface area contributed by atoms with Crippen LogP contribution in [-0.4, -0.2) is 47.5 Å². The van der Waals surface area contributed by atoms with Gasteiger partial charge in [0.05, 0.1) is 17.4 Å². The summed E-state index contributed by atoms with van der Waals surface area (Å²) in [5.41, 5.74) is 2.58. The fraction of sp³-hybridized carbons (Fsp3) is 0.467. The number of carbonyl (C=O) groups excluding carboxylic acids is 1. The van der Waals surface area contributed by atoms with Crippen molar-refractivity contribution in [1.82, 2.24) is 19.8 Å². The highest BCUT2D eigenvalue weighted by atomic mass is 16.1. The number of hydrogen-bond acceptors (Lipinski definition) is 3. The van der Waals surface area contributed by atoms with Crippen molar-refractivity contribution in [3.63, 3.8) is 0 Å². The minimum atomic E-state index is -0.0158. The van der Waals surface area contributed by atoms with Crippen LogP contribution in [0.2, 0.25) is 0 Å². The number of aromatic nitrogens is 2. The number of carbonyl (C=O) groups is 1. The highest BCUT2D eigenvalue weighted by Gasteiger charge is 2.07. The number of rotatable bonds is 6. The van der Waals surface area contributed by atoms with Gasteiger partial charge in [-0.15, -0.1) is 0 Å². The second kappa shape index (κ2) is 6.52. The molecule has 0 unspecified atom stereocenters. The average Bonchev–Trinajstić information content (AvgIpc) is 2.79. The lowest BCUT2D eigenvalue weighted by Gasteiger charge is -2.09. The smallest absolute Gasteiger partial charge is 0.251 e. The van der Waals surface area contributed by atoms with Gasteiger partial charge in [0.15, 0.2) is 0 Å². The van der Waals surface area contributed by atoms with E-state index in [1.165, 1.54) is 0 Å². The number of nitrogens with one attached hydrogen (secondary N) is 1. The van der Waals surface area contributed by atoms with E-state index in [4.69, 9.17) is 0 Å². The third-order valence-corrected chi connectivity index (χ3v) is 3.31. The molecule has 0 radical (unpaired) electrons. The lowest BCUT2D eigenvalue weighted by atomic mass is 10.2. The van der Waals surface area contributed by atoms with E-state index in [9.17, 15) is 4.79 Å². The highest BCUT2D eigenvalue weighted by molar-refractivity contribution is 5.97. The van der Waals surface area contributed by atoms with Gasteiger partial charge in [-0.05, 0) is 51.7 Å². The van der Waals surface area contributed by atoms with Crippen LogP contribution in [0.5, 0.6) is 0 Å². The van der Waals surface area contributed by atoms with Crippen LogP contribution >= 0.6 is 0 Å². The van der Waals surface area contributed by atoms with Crippen molar-refractivity contribution in [1.29, 1.82) is 0 Å². The Kier molecular flexibility index (Phi) is 4.74. The van der Waals surface area contributed by atoms with Crippen LogP contribution in [-0.2, 0) is 7.05 Å². The molecule has 1 N–H and O–H groups in total. The zero-order valence-electron chi connectivity index (χ0n) is 12.4. The summed E-state index contributed by atoms with van der Waals surface area (Å²) in [6.07, 6.45) is 3.85. The molecule has 5 heteroatoms. The van der Waals surface area contributed by atoms with E-state index in [0.29, 0.717) is 5.56 Å². The van der Waals surface area contributed by atoms with Crippen molar-refractivity contribution in [3.05, 3.63) is 30.1 Å². The Morgan fingerprint density at radius 1 is 1.35 bits per heavy atom. The molecule has 20 heavy (non-hydrogen) atoms. The number of hydrogen-bond donors (Lipinski definition) is 1. The molecule has 0 bridgehead atoms. The van der Waals surface area contributed by atoms with Crippen molar-refractivity contribution < 1.29 is 4.79 Å². The second-order valence-electron chi connectivity index (χ2n) is 5.33. The Morgan fingerprint density at radius 3 is 2.90 bits per heavy atom. The van der Waals surface area contributed by atoms with E-state index in [0.717, 1.165) is 37.0 Å². The Balaban J connectivity index is 1.89. The Hall–Kier alpha value is -1.88. The molecule has 1 aromatic carbocycles. The molecule has 0 saturated heterocycles. The molecule has 1 aromatic heterocycles. The van der Waals surface area contributed by atoms with Crippen LogP contribution in [0.25, 0.3) is 11.0 Å². The maximum absolute atomic E-state index is 12.1. The Labute approximate surface area is 119 Å². The zero-order chi connectivity index (χ0) is 14.5. The first-order valence-corrected chi connectivity index (χ1v) is 6.92. The van der Waals surface area contributed by atoms with Crippen LogP contribution in [0.1, 0.15) is 23.2 Å². The molecule has 0 atom stereocenters. The Morgan fingerprint density at radius 2 is 2.15 bits per heavy atom. The van der Waals surface area contributed by atoms with Crippen molar-refractivity contribution in [3.8, 4) is 0 Å². The number of benzene rings is 1. The van der Waals surface area contributed by atoms with E-state index >= 15 is 0 Å². The summed E-state index contributed by atoms with van der Waals surface area (Å²) in [4.78, 5) is 18.5. The number of fused-ring (bicyclic) bond motifs is 1. The second-order valence-corrected chi connectivity index (χ2v) is 5.33. The summed E-state index contributed by atoms with van der Waals surface area (Å²) in [6, 6.07) is 5.60. The van der Waals surface area contributed by atoms with Gasteiger partial charge in [-0.3, -0.25) is 4.79 Å². The predicted molar refractivity (Wildman–Crippen MR) is 80.8 cm³/mol. The lowest BCUT2D eigenvalue weighted by molar-refractivity contribution is 0.0953. The standard InChI is InChI=1S/C15H22N4O/c1-18(2)9-5-4-8-16-15(20)12-6-7-13-14(10-12)19(3)11-17-13/h6-7,10-11H,4-5,8-9H2,1-3H3,(H,16,20). The van der Waals surface area contributed by atoms with Crippen molar-refractivity contribution in [2.45, 2.75) is 12.8 Å². The molecule has 0 fully saturated rings. The van der Waals surface area contributed by atoms with Crippen LogP contribution < -0.4 is 5.32 Å². The number of amides is 1. The van der Waals surface area contributed by atoms with Gasteiger partial charge in [0, 0.05) is 19.2 Å². The minimum Gasteiger partial charge on any atom is -0.352 e. The molecule has 0 aliphatic heterocycles. The molecule has 0 saturated carbocycles. The first kappa shape index (κ1) is 14.5. The van der Waals surface area contributed by atoms with E-state index in [2.05, 4.69) is 29.3 Å². The summed E-state index contributed by atoms with van der Waals surface area (Å²) in [7, 11) is 6.04. The van der Waals surface area contributed by atoms with Gasteiger partial charge in [-0.25, -0.2) is 4.98 Å². The topological polar surface area (TPSA) is 50.2 Å². The summed E-state index contributed by atoms with van der Waals surface area (Å²) in [5.74, 6) is -0.0158. The van der Waals surface area contributed by atoms with E-state index in [-0.39, 0.29) is 5.91 Å². The quantitative estimate of drug-likeness (QED) is 0.815. The highest BCUT2D eigenvalue weighted by Crippen LogP contribution is 2.13. The molecule has 5 nitrogen and oxygen atoms in total. The van der Waals surface area contributed by atoms with Crippen LogP contribution in [0.3, 0.4) is 0 Å². The first-order valence-electron chi connectivity index (χ1n) is 6.92. The van der Waals surface area contributed by atoms with Crippen LogP contribution in [0.4, 0.5) is 0 Å². The molecule has 2 aromatic rings. The number of imidazole rings is 1. The summed E-state index contributed by atoms with van der Waals surface area (Å²) >= 11 is 0. The van der Waals surface area contributed by atoms with Crippen LogP contribution in [0, 0.1) is 0 Å². The monoisotopic (exact) mass is 274 g/mol. The van der Waals surface area contributed by atoms with Crippen molar-refractivity contribution in [2.75, 3.05) is 27.2 Å². The SMILES string of the molecule is CN(C)CCCCNC(=O)c1ccc2ncn(C)c2c1. The number of aryl methyl sites for hydroxylation is 1. The van der Waals surface area contributed by atoms with Gasteiger partial charge < -0.3 is 14.8 Å². The molecule has 1 amide bonds. The molecule has 0 spiro atoms. The lowest BCUT2D eigenvalue weighted by Crippen LogP contribution is -2.25. The van der Waals surface area contributed by atoms with Gasteiger partial charge in [-0.1, -0.05) is 0 Å². The Bertz CT molecular complexity index is 589. The first-order chi connectivity index (χ1) is 9.58. The molecular formula is C15H22N4O. The molecule has 0 aliphatic carbocycles. The molecular weight excluding hydrogens is 252 g/mol. The zero-order valence-corrected chi connectivity index (χ0v) is 12.4. The molecule has 1 heterocycles. The third kappa shape index (κ3) is 3.57. The van der Waals surface area contributed by atoms with Gasteiger partial charge in [0.25, 0.3) is 5.91 Å². The summed E-state index contributed by atoms with van der Waals surface area (Å²) in [5, 5.41) is 2.96. The minimum absolute atomic E-state index is 0.0158. The maximum atomic E-state index is 12.1. The summed E-state index contributed by atoms with van der Waals surface area (Å²) < 4.78 is 1.92. The van der Waals surface area contributed by atoms with Gasteiger partial charge in [0.1, 0.15) is 0 Å². The number of nitrogens with zero attached hydrogens (tertiary/aromatic N) is 3. The van der Waals surface area contributed by atoms with Gasteiger partial charge >= 0.3 is 0 Å². The van der Waals surface area contributed by atoms with Crippen molar-refractivity contribution in [2.24, 2.45) is 7.05 Å². The van der Waals surface area contributed by atoms with Gasteiger partial charge in [0.2, 0.25) is 0 Å². The average molecular weight is 274 g/mol. The molecule has 2 rings (SSSR count). The molecule has 0 aliphatic rings. The van der Waals surface area contributed by atoms with Crippen molar-refractivity contribution >= 4 is 16.9 Å². The van der Waals surface area contributed by atoms with E-state index in [1.807, 2.05) is 29.8 Å². The van der Waals surface area contributed by atoms with E-state index in [1.54, 1.807) is 6.33 Å². The van der Waals surface area contributed by atoms with Gasteiger partial charge in [-0.2, -0.15) is 0 Å². The predicted octanol–water partition coefficient (Wildman–Crippen LogP) is 1.64. The largest absolute Gasteiger partial charge is 0.352 e.